The van der Waals surface area contributed by atoms with Gasteiger partial charge in [-0.1, -0.05) is 6.92 Å². The minimum atomic E-state index is -4.40. The lowest BCUT2D eigenvalue weighted by molar-refractivity contribution is -0.137. The molecule has 1 unspecified atom stereocenters. The van der Waals surface area contributed by atoms with Gasteiger partial charge in [0.2, 0.25) is 0 Å². The fourth-order valence-corrected chi connectivity index (χ4v) is 2.96. The minimum Gasteiger partial charge on any atom is -0.355 e. The van der Waals surface area contributed by atoms with Gasteiger partial charge in [0.05, 0.1) is 5.56 Å². The van der Waals surface area contributed by atoms with Gasteiger partial charge in [0.25, 0.3) is 0 Å². The predicted octanol–water partition coefficient (Wildman–Crippen LogP) is 2.33. The summed E-state index contributed by atoms with van der Waals surface area (Å²) >= 11 is 1.80. The van der Waals surface area contributed by atoms with Gasteiger partial charge in [-0.3, -0.25) is 0 Å². The highest BCUT2D eigenvalue weighted by Gasteiger charge is 2.32. The summed E-state index contributed by atoms with van der Waals surface area (Å²) in [6, 6.07) is 1.98. The van der Waals surface area contributed by atoms with Gasteiger partial charge in [-0.15, -0.1) is 0 Å². The zero-order valence-electron chi connectivity index (χ0n) is 10.4. The monoisotopic (exact) mass is 292 g/mol. The molecule has 0 aromatic carbocycles. The smallest absolute Gasteiger partial charge is 0.355 e. The van der Waals surface area contributed by atoms with Crippen molar-refractivity contribution in [2.24, 2.45) is 5.84 Å². The van der Waals surface area contributed by atoms with E-state index in [0.717, 1.165) is 17.9 Å². The Kier molecular flexibility index (Phi) is 4.10. The maximum Gasteiger partial charge on any atom is 0.416 e. The van der Waals surface area contributed by atoms with E-state index in [-0.39, 0.29) is 5.82 Å². The molecule has 0 aliphatic carbocycles. The predicted molar refractivity (Wildman–Crippen MR) is 71.2 cm³/mol. The topological polar surface area (TPSA) is 54.2 Å². The molecule has 1 aliphatic heterocycles. The molecule has 0 saturated carbocycles. The quantitative estimate of drug-likeness (QED) is 0.647. The molecular weight excluding hydrogens is 277 g/mol. The third-order valence-corrected chi connectivity index (χ3v) is 3.99. The van der Waals surface area contributed by atoms with Crippen LogP contribution in [0.15, 0.2) is 12.1 Å². The summed E-state index contributed by atoms with van der Waals surface area (Å²) < 4.78 is 38.4. The Morgan fingerprint density at radius 2 is 2.21 bits per heavy atom. The van der Waals surface area contributed by atoms with Crippen LogP contribution in [0.25, 0.3) is 0 Å². The van der Waals surface area contributed by atoms with Crippen LogP contribution < -0.4 is 16.2 Å². The molecule has 106 valence electrons. The Balaban J connectivity index is 2.34. The molecular formula is C11H15F3N4S. The van der Waals surface area contributed by atoms with E-state index in [0.29, 0.717) is 24.2 Å². The summed E-state index contributed by atoms with van der Waals surface area (Å²) in [4.78, 5) is 5.96. The minimum absolute atomic E-state index is 0.0238. The normalized spacial score (nSPS) is 20.5. The fraction of sp³-hybridized carbons (Fsp3) is 0.545. The molecule has 0 bridgehead atoms. The molecule has 3 N–H and O–H groups in total. The number of hydrogen-bond acceptors (Lipinski definition) is 5. The first-order valence-corrected chi connectivity index (χ1v) is 6.87. The Morgan fingerprint density at radius 1 is 1.47 bits per heavy atom. The molecule has 0 radical (unpaired) electrons. The second kappa shape index (κ2) is 5.46. The second-order valence-electron chi connectivity index (χ2n) is 4.37. The van der Waals surface area contributed by atoms with E-state index in [1.165, 1.54) is 0 Å². The number of aromatic nitrogens is 1. The number of thioether (sulfide) groups is 1. The molecule has 1 aromatic heterocycles. The number of hydrazine groups is 1. The maximum atomic E-state index is 12.8. The number of alkyl halides is 3. The third-order valence-electron chi connectivity index (χ3n) is 2.85. The van der Waals surface area contributed by atoms with Crippen molar-refractivity contribution in [3.05, 3.63) is 17.7 Å². The van der Waals surface area contributed by atoms with Crippen LogP contribution in [0, 0.1) is 0 Å². The molecule has 1 saturated heterocycles. The molecule has 1 aromatic rings. The van der Waals surface area contributed by atoms with Gasteiger partial charge in [0, 0.05) is 24.1 Å². The van der Waals surface area contributed by atoms with Crippen molar-refractivity contribution in [1.29, 1.82) is 0 Å². The molecule has 1 aliphatic rings. The van der Waals surface area contributed by atoms with Crippen LogP contribution in [0.1, 0.15) is 12.5 Å². The highest BCUT2D eigenvalue weighted by atomic mass is 32.2. The lowest BCUT2D eigenvalue weighted by Gasteiger charge is -2.32. The van der Waals surface area contributed by atoms with Crippen LogP contribution in [0.3, 0.4) is 0 Å². The largest absolute Gasteiger partial charge is 0.416 e. The second-order valence-corrected chi connectivity index (χ2v) is 5.92. The van der Waals surface area contributed by atoms with Gasteiger partial charge >= 0.3 is 6.18 Å². The first-order valence-electron chi connectivity index (χ1n) is 5.82. The number of anilines is 2. The van der Waals surface area contributed by atoms with E-state index < -0.39 is 11.7 Å². The standard InChI is InChI=1S/C11H15F3N4S/c1-7-6-18(2-3-19-7)10-5-8(11(12,13)14)4-9(16-10)17-15/h4-5,7H,2-3,6,15H2,1H3,(H,16,17). The van der Waals surface area contributed by atoms with Crippen molar-refractivity contribution in [3.63, 3.8) is 0 Å². The van der Waals surface area contributed by atoms with E-state index in [4.69, 9.17) is 5.84 Å². The van der Waals surface area contributed by atoms with Crippen molar-refractivity contribution in [2.45, 2.75) is 18.3 Å². The zero-order chi connectivity index (χ0) is 14.0. The molecule has 8 heteroatoms. The van der Waals surface area contributed by atoms with E-state index in [1.54, 1.807) is 11.8 Å². The lowest BCUT2D eigenvalue weighted by Crippen LogP contribution is -2.37. The number of nitrogens with zero attached hydrogens (tertiary/aromatic N) is 2. The van der Waals surface area contributed by atoms with Gasteiger partial charge in [-0.25, -0.2) is 10.8 Å². The van der Waals surface area contributed by atoms with Crippen LogP contribution >= 0.6 is 11.8 Å². The summed E-state index contributed by atoms with van der Waals surface area (Å²) in [6.07, 6.45) is -4.40. The van der Waals surface area contributed by atoms with E-state index in [2.05, 4.69) is 10.4 Å². The molecule has 1 atom stereocenters. The Labute approximate surface area is 113 Å². The van der Waals surface area contributed by atoms with E-state index in [9.17, 15) is 13.2 Å². The van der Waals surface area contributed by atoms with Gasteiger partial charge in [0.15, 0.2) is 0 Å². The highest BCUT2D eigenvalue weighted by Crippen LogP contribution is 2.33. The fourth-order valence-electron chi connectivity index (χ4n) is 1.94. The molecule has 2 rings (SSSR count). The molecule has 19 heavy (non-hydrogen) atoms. The molecule has 0 amide bonds. The van der Waals surface area contributed by atoms with E-state index in [1.807, 2.05) is 11.8 Å². The average molecular weight is 292 g/mol. The van der Waals surface area contributed by atoms with Crippen LogP contribution in [0.4, 0.5) is 24.8 Å². The van der Waals surface area contributed by atoms with Crippen molar-refractivity contribution in [1.82, 2.24) is 4.98 Å². The average Bonchev–Trinajstić information content (AvgIpc) is 2.37. The van der Waals surface area contributed by atoms with Crippen molar-refractivity contribution in [3.8, 4) is 0 Å². The zero-order valence-corrected chi connectivity index (χ0v) is 11.2. The first kappa shape index (κ1) is 14.3. The summed E-state index contributed by atoms with van der Waals surface area (Å²) in [6.45, 7) is 3.42. The highest BCUT2D eigenvalue weighted by molar-refractivity contribution is 8.00. The Hall–Kier alpha value is -1.15. The maximum absolute atomic E-state index is 12.8. The summed E-state index contributed by atoms with van der Waals surface area (Å²) in [5.74, 6) is 6.40. The van der Waals surface area contributed by atoms with Gasteiger partial charge in [0.1, 0.15) is 11.6 Å². The van der Waals surface area contributed by atoms with Crippen molar-refractivity contribution in [2.75, 3.05) is 29.2 Å². The van der Waals surface area contributed by atoms with Crippen LogP contribution in [0.5, 0.6) is 0 Å². The van der Waals surface area contributed by atoms with Crippen molar-refractivity contribution < 1.29 is 13.2 Å². The van der Waals surface area contributed by atoms with Crippen molar-refractivity contribution >= 4 is 23.4 Å². The van der Waals surface area contributed by atoms with Gasteiger partial charge < -0.3 is 10.3 Å². The van der Waals surface area contributed by atoms with Gasteiger partial charge in [-0.2, -0.15) is 24.9 Å². The number of nitrogens with two attached hydrogens (primary N) is 1. The number of pyridine rings is 1. The molecule has 2 heterocycles. The third kappa shape index (κ3) is 3.44. The summed E-state index contributed by atoms with van der Waals surface area (Å²) in [5, 5.41) is 0.374. The van der Waals surface area contributed by atoms with Crippen LogP contribution in [-0.2, 0) is 6.18 Å². The molecule has 1 fully saturated rings. The summed E-state index contributed by atoms with van der Waals surface area (Å²) in [5.41, 5.74) is 1.45. The number of nitrogen functional groups attached to an aromatic ring is 1. The Morgan fingerprint density at radius 3 is 2.79 bits per heavy atom. The summed E-state index contributed by atoms with van der Waals surface area (Å²) in [7, 11) is 0. The van der Waals surface area contributed by atoms with Crippen LogP contribution in [-0.4, -0.2) is 29.1 Å². The van der Waals surface area contributed by atoms with Crippen LogP contribution in [0.2, 0.25) is 0 Å². The molecule has 4 nitrogen and oxygen atoms in total. The SMILES string of the molecule is CC1CN(c2cc(C(F)(F)F)cc(NN)n2)CCS1. The number of rotatable bonds is 2. The number of hydrogen-bond donors (Lipinski definition) is 2. The van der Waals surface area contributed by atoms with E-state index >= 15 is 0 Å². The Bertz CT molecular complexity index is 452. The lowest BCUT2D eigenvalue weighted by atomic mass is 10.2. The number of nitrogens with one attached hydrogen (secondary N) is 1. The first-order chi connectivity index (χ1) is 8.90. The van der Waals surface area contributed by atoms with Gasteiger partial charge in [-0.05, 0) is 12.1 Å². The molecule has 0 spiro atoms. The number of halogens is 3.